The molecule has 1 aromatic carbocycles. The summed E-state index contributed by atoms with van der Waals surface area (Å²) in [5.41, 5.74) is 1.07. The second-order valence-corrected chi connectivity index (χ2v) is 2.51. The molecule has 0 saturated carbocycles. The summed E-state index contributed by atoms with van der Waals surface area (Å²) in [6.07, 6.45) is 1.43. The van der Waals surface area contributed by atoms with Crippen molar-refractivity contribution in [2.24, 2.45) is 4.99 Å². The molecule has 0 atom stereocenters. The molecular weight excluding hydrogens is 180 g/mol. The van der Waals surface area contributed by atoms with E-state index in [1.165, 1.54) is 13.2 Å². The zero-order valence-electron chi connectivity index (χ0n) is 7.65. The predicted octanol–water partition coefficient (Wildman–Crippen LogP) is 1.40. The number of ether oxygens (including phenoxy) is 1. The van der Waals surface area contributed by atoms with E-state index in [-0.39, 0.29) is 6.54 Å². The molecule has 4 heteroatoms. The third-order valence-electron chi connectivity index (χ3n) is 1.76. The van der Waals surface area contributed by atoms with Gasteiger partial charge in [0.1, 0.15) is 11.8 Å². The Kier molecular flexibility index (Phi) is 3.42. The van der Waals surface area contributed by atoms with Crippen LogP contribution in [0.25, 0.3) is 0 Å². The number of methoxy groups -OCH3 is 1. The van der Waals surface area contributed by atoms with Gasteiger partial charge < -0.3 is 4.74 Å². The first-order chi connectivity index (χ1) is 6.83. The smallest absolute Gasteiger partial charge is 0.235 e. The van der Waals surface area contributed by atoms with Crippen molar-refractivity contribution in [2.75, 3.05) is 7.11 Å². The molecule has 0 aliphatic rings. The molecule has 0 aliphatic heterocycles. The number of aliphatic imine (C=N–C) groups is 1. The third kappa shape index (κ3) is 1.98. The van der Waals surface area contributed by atoms with E-state index in [1.54, 1.807) is 18.2 Å². The first-order valence-electron chi connectivity index (χ1n) is 3.93. The summed E-state index contributed by atoms with van der Waals surface area (Å²) in [6.45, 7) is 0.156. The summed E-state index contributed by atoms with van der Waals surface area (Å²) in [5, 5.41) is 8.86. The Bertz CT molecular complexity index is 415. The SMILES string of the molecule is COc1cccc(CN=C=O)c1C#N. The van der Waals surface area contributed by atoms with Gasteiger partial charge in [-0.05, 0) is 11.6 Å². The molecule has 0 fully saturated rings. The van der Waals surface area contributed by atoms with Crippen molar-refractivity contribution in [1.29, 1.82) is 5.26 Å². The number of nitriles is 1. The van der Waals surface area contributed by atoms with Gasteiger partial charge in [0.2, 0.25) is 6.08 Å². The van der Waals surface area contributed by atoms with Crippen LogP contribution in [0.3, 0.4) is 0 Å². The van der Waals surface area contributed by atoms with Gasteiger partial charge in [-0.2, -0.15) is 5.26 Å². The molecule has 1 rings (SSSR count). The van der Waals surface area contributed by atoms with E-state index in [9.17, 15) is 4.79 Å². The van der Waals surface area contributed by atoms with Crippen molar-refractivity contribution in [2.45, 2.75) is 6.54 Å². The average molecular weight is 188 g/mol. The summed E-state index contributed by atoms with van der Waals surface area (Å²) in [6, 6.07) is 7.17. The van der Waals surface area contributed by atoms with Crippen LogP contribution >= 0.6 is 0 Å². The molecule has 70 valence electrons. The average Bonchev–Trinajstić information content (AvgIpc) is 2.25. The first-order valence-corrected chi connectivity index (χ1v) is 3.93. The van der Waals surface area contributed by atoms with Crippen molar-refractivity contribution in [3.8, 4) is 11.8 Å². The third-order valence-corrected chi connectivity index (χ3v) is 1.76. The molecule has 0 radical (unpaired) electrons. The first kappa shape index (κ1) is 9.97. The van der Waals surface area contributed by atoms with Crippen LogP contribution in [0.2, 0.25) is 0 Å². The number of nitrogens with zero attached hydrogens (tertiary/aromatic N) is 2. The Morgan fingerprint density at radius 2 is 2.36 bits per heavy atom. The lowest BCUT2D eigenvalue weighted by molar-refractivity contribution is 0.413. The minimum atomic E-state index is 0.156. The molecule has 14 heavy (non-hydrogen) atoms. The van der Waals surface area contributed by atoms with E-state index < -0.39 is 0 Å². The van der Waals surface area contributed by atoms with Crippen LogP contribution in [0.1, 0.15) is 11.1 Å². The van der Waals surface area contributed by atoms with Crippen LogP contribution in [0.4, 0.5) is 0 Å². The Labute approximate surface area is 81.5 Å². The highest BCUT2D eigenvalue weighted by atomic mass is 16.5. The maximum atomic E-state index is 9.93. The molecule has 0 spiro atoms. The van der Waals surface area contributed by atoms with E-state index in [2.05, 4.69) is 4.99 Å². The fourth-order valence-corrected chi connectivity index (χ4v) is 1.12. The normalized spacial score (nSPS) is 8.57. The standard InChI is InChI=1S/C10H8N2O2/c1-14-10-4-2-3-8(6-12-7-13)9(10)5-11/h2-4H,6H2,1H3. The van der Waals surface area contributed by atoms with Gasteiger partial charge in [0.15, 0.2) is 0 Å². The van der Waals surface area contributed by atoms with Gasteiger partial charge in [0.05, 0.1) is 19.2 Å². The molecule has 0 heterocycles. The predicted molar refractivity (Wildman–Crippen MR) is 49.5 cm³/mol. The van der Waals surface area contributed by atoms with E-state index in [1.807, 2.05) is 6.07 Å². The van der Waals surface area contributed by atoms with Crippen LogP contribution in [0.15, 0.2) is 23.2 Å². The fourth-order valence-electron chi connectivity index (χ4n) is 1.12. The Morgan fingerprint density at radius 1 is 1.57 bits per heavy atom. The Morgan fingerprint density at radius 3 is 2.93 bits per heavy atom. The van der Waals surface area contributed by atoms with Crippen LogP contribution in [0, 0.1) is 11.3 Å². The molecule has 0 bridgehead atoms. The van der Waals surface area contributed by atoms with Gasteiger partial charge in [0, 0.05) is 0 Å². The maximum Gasteiger partial charge on any atom is 0.235 e. The fraction of sp³-hybridized carbons (Fsp3) is 0.200. The minimum absolute atomic E-state index is 0.156. The van der Waals surface area contributed by atoms with Crippen molar-refractivity contribution < 1.29 is 9.53 Å². The van der Waals surface area contributed by atoms with Gasteiger partial charge in [-0.25, -0.2) is 9.79 Å². The monoisotopic (exact) mass is 188 g/mol. The topological polar surface area (TPSA) is 62.4 Å². The molecule has 0 aliphatic carbocycles. The van der Waals surface area contributed by atoms with Gasteiger partial charge >= 0.3 is 0 Å². The number of carbonyl (C=O) groups excluding carboxylic acids is 1. The maximum absolute atomic E-state index is 9.93. The lowest BCUT2D eigenvalue weighted by Gasteiger charge is -2.04. The number of hydrogen-bond donors (Lipinski definition) is 0. The van der Waals surface area contributed by atoms with Gasteiger partial charge in [-0.15, -0.1) is 0 Å². The molecule has 0 N–H and O–H groups in total. The summed E-state index contributed by atoms with van der Waals surface area (Å²) in [5.74, 6) is 0.492. The summed E-state index contributed by atoms with van der Waals surface area (Å²) >= 11 is 0. The molecular formula is C10H8N2O2. The van der Waals surface area contributed by atoms with Crippen LogP contribution in [-0.2, 0) is 11.3 Å². The molecule has 0 unspecified atom stereocenters. The van der Waals surface area contributed by atoms with Crippen molar-refractivity contribution >= 4 is 6.08 Å². The Balaban J connectivity index is 3.16. The van der Waals surface area contributed by atoms with Crippen molar-refractivity contribution in [3.05, 3.63) is 29.3 Å². The minimum Gasteiger partial charge on any atom is -0.495 e. The lowest BCUT2D eigenvalue weighted by atomic mass is 10.1. The van der Waals surface area contributed by atoms with Crippen LogP contribution in [-0.4, -0.2) is 13.2 Å². The molecule has 1 aromatic rings. The Hall–Kier alpha value is -2.11. The molecule has 4 nitrogen and oxygen atoms in total. The van der Waals surface area contributed by atoms with E-state index >= 15 is 0 Å². The summed E-state index contributed by atoms with van der Waals surface area (Å²) in [7, 11) is 1.49. The van der Waals surface area contributed by atoms with Crippen molar-refractivity contribution in [3.63, 3.8) is 0 Å². The molecule has 0 saturated heterocycles. The second-order valence-electron chi connectivity index (χ2n) is 2.51. The number of hydrogen-bond acceptors (Lipinski definition) is 4. The largest absolute Gasteiger partial charge is 0.495 e. The van der Waals surface area contributed by atoms with E-state index in [0.717, 1.165) is 0 Å². The van der Waals surface area contributed by atoms with Gasteiger partial charge in [0.25, 0.3) is 0 Å². The second kappa shape index (κ2) is 4.80. The highest BCUT2D eigenvalue weighted by molar-refractivity contribution is 5.49. The van der Waals surface area contributed by atoms with Gasteiger partial charge in [-0.3, -0.25) is 0 Å². The number of benzene rings is 1. The summed E-state index contributed by atoms with van der Waals surface area (Å²) in [4.78, 5) is 13.3. The zero-order chi connectivity index (χ0) is 10.4. The number of isocyanates is 1. The quantitative estimate of drug-likeness (QED) is 0.532. The zero-order valence-corrected chi connectivity index (χ0v) is 7.65. The van der Waals surface area contributed by atoms with Gasteiger partial charge in [-0.1, -0.05) is 12.1 Å². The van der Waals surface area contributed by atoms with Crippen LogP contribution in [0.5, 0.6) is 5.75 Å². The highest BCUT2D eigenvalue weighted by Gasteiger charge is 2.06. The van der Waals surface area contributed by atoms with E-state index in [4.69, 9.17) is 10.00 Å². The van der Waals surface area contributed by atoms with E-state index in [0.29, 0.717) is 16.9 Å². The number of rotatable bonds is 3. The highest BCUT2D eigenvalue weighted by Crippen LogP contribution is 2.21. The van der Waals surface area contributed by atoms with Crippen LogP contribution < -0.4 is 4.74 Å². The lowest BCUT2D eigenvalue weighted by Crippen LogP contribution is -1.93. The molecule has 0 amide bonds. The summed E-state index contributed by atoms with van der Waals surface area (Å²) < 4.78 is 4.99. The van der Waals surface area contributed by atoms with Crippen molar-refractivity contribution in [1.82, 2.24) is 0 Å². The molecule has 0 aromatic heterocycles.